The highest BCUT2D eigenvalue weighted by atomic mass is 16.6. The van der Waals surface area contributed by atoms with Crippen LogP contribution in [0.15, 0.2) is 24.5 Å². The summed E-state index contributed by atoms with van der Waals surface area (Å²) in [5, 5.41) is 23.5. The summed E-state index contributed by atoms with van der Waals surface area (Å²) in [5.74, 6) is 0.579. The zero-order chi connectivity index (χ0) is 33.2. The van der Waals surface area contributed by atoms with Crippen LogP contribution < -0.4 is 0 Å². The summed E-state index contributed by atoms with van der Waals surface area (Å²) in [6.07, 6.45) is 9.01. The number of rotatable bonds is 5. The van der Waals surface area contributed by atoms with Gasteiger partial charge in [0.25, 0.3) is 0 Å². The zero-order valence-electron chi connectivity index (χ0n) is 29.0. The molecule has 8 heteroatoms. The van der Waals surface area contributed by atoms with Crippen LogP contribution >= 0.6 is 0 Å². The lowest BCUT2D eigenvalue weighted by atomic mass is 9.41. The topological polar surface area (TPSA) is 115 Å². The van der Waals surface area contributed by atoms with Gasteiger partial charge in [0.15, 0.2) is 6.10 Å². The molecule has 254 valence electrons. The van der Waals surface area contributed by atoms with E-state index in [9.17, 15) is 19.8 Å². The van der Waals surface area contributed by atoms with Crippen molar-refractivity contribution in [3.05, 3.63) is 30.1 Å². The number of aliphatic hydroxyl groups excluding tert-OH is 1. The number of carbonyl (C=O) groups is 2. The fourth-order valence-corrected chi connectivity index (χ4v) is 13.3. The third-order valence-corrected chi connectivity index (χ3v) is 15.3. The van der Waals surface area contributed by atoms with E-state index in [-0.39, 0.29) is 57.1 Å². The van der Waals surface area contributed by atoms with Gasteiger partial charge in [-0.2, -0.15) is 0 Å². The van der Waals surface area contributed by atoms with Crippen LogP contribution in [0.1, 0.15) is 117 Å². The molecule has 13 atom stereocenters. The van der Waals surface area contributed by atoms with E-state index in [0.29, 0.717) is 23.8 Å². The monoisotopic (exact) mass is 637 g/mol. The first kappa shape index (κ1) is 32.5. The molecule has 2 spiro atoms. The van der Waals surface area contributed by atoms with E-state index in [1.165, 1.54) is 19.8 Å². The molecule has 0 aromatic carbocycles. The van der Waals surface area contributed by atoms with Crippen molar-refractivity contribution in [1.82, 2.24) is 4.98 Å². The Morgan fingerprint density at radius 2 is 1.67 bits per heavy atom. The Bertz CT molecular complexity index is 1390. The number of fused-ring (bicyclic) bond motifs is 4. The van der Waals surface area contributed by atoms with Crippen LogP contribution in [0.25, 0.3) is 0 Å². The summed E-state index contributed by atoms with van der Waals surface area (Å²) in [5.41, 5.74) is -0.875. The highest BCUT2D eigenvalue weighted by molar-refractivity contribution is 5.89. The maximum absolute atomic E-state index is 13.1. The van der Waals surface area contributed by atoms with E-state index in [2.05, 4.69) is 39.6 Å². The van der Waals surface area contributed by atoms with Gasteiger partial charge in [-0.25, -0.2) is 4.79 Å². The quantitative estimate of drug-likeness (QED) is 0.371. The van der Waals surface area contributed by atoms with E-state index in [0.717, 1.165) is 32.1 Å². The minimum atomic E-state index is -1.27. The van der Waals surface area contributed by atoms with Crippen LogP contribution in [0.2, 0.25) is 0 Å². The predicted molar refractivity (Wildman–Crippen MR) is 171 cm³/mol. The molecule has 5 aliphatic carbocycles. The molecule has 6 fully saturated rings. The van der Waals surface area contributed by atoms with Gasteiger partial charge < -0.3 is 24.4 Å². The van der Waals surface area contributed by atoms with Gasteiger partial charge in [0, 0.05) is 30.1 Å². The number of ether oxygens (including phenoxy) is 3. The van der Waals surface area contributed by atoms with Crippen LogP contribution in [0.4, 0.5) is 0 Å². The van der Waals surface area contributed by atoms with Crippen LogP contribution in [0, 0.1) is 50.7 Å². The predicted octanol–water partition coefficient (Wildman–Crippen LogP) is 6.12. The number of aliphatic hydroxyl groups is 2. The number of aromatic nitrogens is 1. The summed E-state index contributed by atoms with van der Waals surface area (Å²) in [6, 6.07) is 3.44. The van der Waals surface area contributed by atoms with Crippen LogP contribution in [0.5, 0.6) is 0 Å². The molecule has 0 radical (unpaired) electrons. The number of carbonyl (C=O) groups excluding carboxylic acids is 2. The van der Waals surface area contributed by atoms with Crippen molar-refractivity contribution in [2.24, 2.45) is 50.7 Å². The van der Waals surface area contributed by atoms with Crippen molar-refractivity contribution in [3.8, 4) is 0 Å². The molecule has 0 bridgehead atoms. The number of hydrogen-bond acceptors (Lipinski definition) is 8. The molecule has 1 saturated heterocycles. The summed E-state index contributed by atoms with van der Waals surface area (Å²) in [4.78, 5) is 29.2. The Hall–Kier alpha value is -2.03. The molecule has 5 saturated carbocycles. The second-order valence-electron chi connectivity index (χ2n) is 17.9. The molecule has 0 amide bonds. The Kier molecular flexibility index (Phi) is 7.24. The third kappa shape index (κ3) is 4.17. The average molecular weight is 638 g/mol. The summed E-state index contributed by atoms with van der Waals surface area (Å²) < 4.78 is 18.7. The average Bonchev–Trinajstić information content (AvgIpc) is 3.61. The molecular formula is C38H55NO7. The van der Waals surface area contributed by atoms with Crippen molar-refractivity contribution in [2.75, 3.05) is 0 Å². The van der Waals surface area contributed by atoms with Crippen molar-refractivity contribution >= 4 is 11.9 Å². The number of esters is 2. The molecule has 8 unspecified atom stereocenters. The van der Waals surface area contributed by atoms with Gasteiger partial charge in [0.2, 0.25) is 0 Å². The molecule has 7 rings (SSSR count). The lowest BCUT2D eigenvalue weighted by molar-refractivity contribution is -0.216. The smallest absolute Gasteiger partial charge is 0.338 e. The molecule has 1 aromatic rings. The van der Waals surface area contributed by atoms with E-state index in [1.807, 2.05) is 0 Å². The molecule has 2 heterocycles. The first-order chi connectivity index (χ1) is 21.4. The van der Waals surface area contributed by atoms with Gasteiger partial charge in [-0.3, -0.25) is 9.78 Å². The minimum absolute atomic E-state index is 0.0908. The normalized spacial score (nSPS) is 47.6. The first-order valence-electron chi connectivity index (χ1n) is 17.8. The molecule has 6 aliphatic rings. The summed E-state index contributed by atoms with van der Waals surface area (Å²) >= 11 is 0. The minimum Gasteiger partial charge on any atom is -0.458 e. The van der Waals surface area contributed by atoms with Crippen molar-refractivity contribution in [3.63, 3.8) is 0 Å². The van der Waals surface area contributed by atoms with E-state index in [1.54, 1.807) is 38.4 Å². The maximum atomic E-state index is 13.1. The fourth-order valence-electron chi connectivity index (χ4n) is 13.3. The number of hydrogen-bond donors (Lipinski definition) is 2. The summed E-state index contributed by atoms with van der Waals surface area (Å²) in [7, 11) is 0. The number of pyridine rings is 1. The van der Waals surface area contributed by atoms with Crippen molar-refractivity contribution < 1.29 is 34.0 Å². The zero-order valence-corrected chi connectivity index (χ0v) is 29.0. The van der Waals surface area contributed by atoms with E-state index < -0.39 is 29.9 Å². The third-order valence-electron chi connectivity index (χ3n) is 15.3. The van der Waals surface area contributed by atoms with Crippen LogP contribution in [0.3, 0.4) is 0 Å². The van der Waals surface area contributed by atoms with Crippen molar-refractivity contribution in [2.45, 2.75) is 143 Å². The molecule has 2 N–H and O–H groups in total. The van der Waals surface area contributed by atoms with Gasteiger partial charge in [-0.15, -0.1) is 0 Å². The Balaban J connectivity index is 1.16. The second kappa shape index (κ2) is 10.2. The number of nitrogens with zero attached hydrogens (tertiary/aromatic N) is 1. The van der Waals surface area contributed by atoms with E-state index in [4.69, 9.17) is 14.2 Å². The molecule has 1 aliphatic heterocycles. The van der Waals surface area contributed by atoms with Crippen LogP contribution in [-0.2, 0) is 19.0 Å². The first-order valence-corrected chi connectivity index (χ1v) is 17.8. The van der Waals surface area contributed by atoms with Gasteiger partial charge in [0.1, 0.15) is 6.10 Å². The molecule has 8 nitrogen and oxygen atoms in total. The van der Waals surface area contributed by atoms with Crippen LogP contribution in [-0.4, -0.2) is 63.3 Å². The van der Waals surface area contributed by atoms with E-state index >= 15 is 0 Å². The van der Waals surface area contributed by atoms with Gasteiger partial charge >= 0.3 is 11.9 Å². The lowest BCUT2D eigenvalue weighted by Crippen LogP contribution is -2.60. The highest BCUT2D eigenvalue weighted by Gasteiger charge is 2.84. The Morgan fingerprint density at radius 1 is 1.02 bits per heavy atom. The SMILES string of the molecule is CC(=O)OC(C1C[C@@H](C)[C@H]2C(O1)[C@H](O)[C@@]1(C)C3CC[C@H]4C(C)(C)C(OC(=O)c5ccncc5)CCC45CC35CCC21C)C(C)(C)O. The highest BCUT2D eigenvalue weighted by Crippen LogP contribution is 2.89. The Morgan fingerprint density at radius 3 is 2.33 bits per heavy atom. The lowest BCUT2D eigenvalue weighted by Gasteiger charge is -2.63. The van der Waals surface area contributed by atoms with Gasteiger partial charge in [-0.05, 0) is 117 Å². The fraction of sp³-hybridized carbons (Fsp3) is 0.816. The maximum Gasteiger partial charge on any atom is 0.338 e. The summed E-state index contributed by atoms with van der Waals surface area (Å²) in [6.45, 7) is 16.4. The Labute approximate surface area is 274 Å². The molecular weight excluding hydrogens is 582 g/mol. The largest absolute Gasteiger partial charge is 0.458 e. The standard InChI is InChI=1S/C38H55NO7/c1-21-19-24(31(34(5,6)43)44-22(2)40)45-29-28(21)35(7)15-16-38-20-37(38)14-11-27(46-32(42)23-12-17-39-18-13-23)33(3,4)25(37)9-10-26(38)36(35,8)30(29)41/h12-13,17-18,21,24-31,41,43H,9-11,14-16,19-20H2,1-8H3/t21-,24?,25+,26?,27?,28+,29?,30+,31?,35?,36-,37?,38?/m1/s1. The van der Waals surface area contributed by atoms with Crippen molar-refractivity contribution in [1.29, 1.82) is 0 Å². The van der Waals surface area contributed by atoms with Gasteiger partial charge in [-0.1, -0.05) is 34.6 Å². The molecule has 1 aromatic heterocycles. The van der Waals surface area contributed by atoms with Gasteiger partial charge in [0.05, 0.1) is 29.5 Å². The molecule has 46 heavy (non-hydrogen) atoms. The second-order valence-corrected chi connectivity index (χ2v) is 17.9.